The first kappa shape index (κ1) is 13.9. The second-order valence-electron chi connectivity index (χ2n) is 5.47. The predicted molar refractivity (Wildman–Crippen MR) is 86.7 cm³/mol. The van der Waals surface area contributed by atoms with Crippen LogP contribution in [-0.4, -0.2) is 20.7 Å². The van der Waals surface area contributed by atoms with Crippen LogP contribution in [0.5, 0.6) is 0 Å². The van der Waals surface area contributed by atoms with Gasteiger partial charge in [0.25, 0.3) is 0 Å². The van der Waals surface area contributed by atoms with Crippen molar-refractivity contribution in [1.82, 2.24) is 0 Å². The molecule has 0 spiro atoms. The van der Waals surface area contributed by atoms with Gasteiger partial charge in [-0.1, -0.05) is 18.2 Å². The molecule has 110 valence electrons. The summed E-state index contributed by atoms with van der Waals surface area (Å²) in [6.45, 7) is 2.20. The number of hydrogen-bond acceptors (Lipinski definition) is 3. The Hall–Kier alpha value is -2.01. The van der Waals surface area contributed by atoms with E-state index >= 15 is 0 Å². The van der Waals surface area contributed by atoms with Crippen LogP contribution in [0.4, 0.5) is 17.1 Å². The van der Waals surface area contributed by atoms with Crippen molar-refractivity contribution in [3.05, 3.63) is 54.1 Å². The van der Waals surface area contributed by atoms with E-state index in [1.165, 1.54) is 11.3 Å². The summed E-state index contributed by atoms with van der Waals surface area (Å²) >= 11 is 0. The smallest absolute Gasteiger partial charge is 0.229 e. The Morgan fingerprint density at radius 3 is 2.43 bits per heavy atom. The standard InChI is InChI=1S/C16H18N2O2S/c1-12-11-13-5-3-4-6-16(13)18(12)15-9-7-14(8-10-15)17-21(2,19)20/h3-10,12,17H,11H2,1-2H3. The summed E-state index contributed by atoms with van der Waals surface area (Å²) in [5.41, 5.74) is 4.24. The van der Waals surface area contributed by atoms with Gasteiger partial charge in [0.15, 0.2) is 0 Å². The maximum atomic E-state index is 11.2. The number of nitrogens with zero attached hydrogens (tertiary/aromatic N) is 1. The third-order valence-corrected chi connectivity index (χ3v) is 4.26. The van der Waals surface area contributed by atoms with Gasteiger partial charge in [0.2, 0.25) is 10.0 Å². The number of para-hydroxylation sites is 1. The van der Waals surface area contributed by atoms with Crippen molar-refractivity contribution in [3.8, 4) is 0 Å². The maximum Gasteiger partial charge on any atom is 0.229 e. The lowest BCUT2D eigenvalue weighted by Gasteiger charge is -2.25. The predicted octanol–water partition coefficient (Wildman–Crippen LogP) is 3.14. The third-order valence-electron chi connectivity index (χ3n) is 3.66. The van der Waals surface area contributed by atoms with Gasteiger partial charge in [0.1, 0.15) is 0 Å². The van der Waals surface area contributed by atoms with Gasteiger partial charge < -0.3 is 4.90 Å². The summed E-state index contributed by atoms with van der Waals surface area (Å²) in [6, 6.07) is 16.3. The number of anilines is 3. The van der Waals surface area contributed by atoms with Gasteiger partial charge in [-0.2, -0.15) is 0 Å². The normalized spacial score (nSPS) is 17.6. The molecule has 1 atom stereocenters. The molecule has 3 rings (SSSR count). The fourth-order valence-electron chi connectivity index (χ4n) is 2.86. The average Bonchev–Trinajstić information content (AvgIpc) is 2.74. The molecule has 0 aromatic heterocycles. The number of sulfonamides is 1. The Balaban J connectivity index is 1.91. The Morgan fingerprint density at radius 2 is 1.76 bits per heavy atom. The molecular weight excluding hydrogens is 284 g/mol. The lowest BCUT2D eigenvalue weighted by molar-refractivity contribution is 0.607. The topological polar surface area (TPSA) is 49.4 Å². The Kier molecular flexibility index (Phi) is 3.37. The van der Waals surface area contributed by atoms with Gasteiger partial charge in [-0.3, -0.25) is 4.72 Å². The number of fused-ring (bicyclic) bond motifs is 1. The molecule has 0 fully saturated rings. The van der Waals surface area contributed by atoms with Crippen molar-refractivity contribution >= 4 is 27.1 Å². The molecule has 0 saturated heterocycles. The average molecular weight is 302 g/mol. The molecule has 1 aliphatic rings. The van der Waals surface area contributed by atoms with E-state index in [2.05, 4.69) is 34.7 Å². The van der Waals surface area contributed by atoms with Crippen LogP contribution in [0.1, 0.15) is 12.5 Å². The first-order valence-corrected chi connectivity index (χ1v) is 8.78. The molecular formula is C16H18N2O2S. The molecule has 5 heteroatoms. The monoisotopic (exact) mass is 302 g/mol. The van der Waals surface area contributed by atoms with E-state index < -0.39 is 10.0 Å². The minimum atomic E-state index is -3.23. The van der Waals surface area contributed by atoms with Crippen LogP contribution in [-0.2, 0) is 16.4 Å². The van der Waals surface area contributed by atoms with Crippen LogP contribution in [0.25, 0.3) is 0 Å². The highest BCUT2D eigenvalue weighted by Gasteiger charge is 2.26. The zero-order valence-corrected chi connectivity index (χ0v) is 12.9. The van der Waals surface area contributed by atoms with Gasteiger partial charge in [-0.15, -0.1) is 0 Å². The number of nitrogens with one attached hydrogen (secondary N) is 1. The Labute approximate surface area is 125 Å². The summed E-state index contributed by atoms with van der Waals surface area (Å²) in [5.74, 6) is 0. The summed E-state index contributed by atoms with van der Waals surface area (Å²) < 4.78 is 25.0. The molecule has 2 aromatic rings. The maximum absolute atomic E-state index is 11.2. The van der Waals surface area contributed by atoms with Gasteiger partial charge >= 0.3 is 0 Å². The number of hydrogen-bond donors (Lipinski definition) is 1. The van der Waals surface area contributed by atoms with Crippen molar-refractivity contribution in [2.24, 2.45) is 0 Å². The lowest BCUT2D eigenvalue weighted by Crippen LogP contribution is -2.23. The number of rotatable bonds is 3. The van der Waals surface area contributed by atoms with Crippen molar-refractivity contribution in [2.45, 2.75) is 19.4 Å². The van der Waals surface area contributed by atoms with Crippen molar-refractivity contribution in [3.63, 3.8) is 0 Å². The van der Waals surface area contributed by atoms with E-state index in [1.807, 2.05) is 18.2 Å². The SMILES string of the molecule is CC1Cc2ccccc2N1c1ccc(NS(C)(=O)=O)cc1. The molecule has 0 aliphatic carbocycles. The minimum absolute atomic E-state index is 0.399. The molecule has 1 N–H and O–H groups in total. The fourth-order valence-corrected chi connectivity index (χ4v) is 3.43. The highest BCUT2D eigenvalue weighted by molar-refractivity contribution is 7.92. The summed E-state index contributed by atoms with van der Waals surface area (Å²) in [6.07, 6.45) is 2.18. The minimum Gasteiger partial charge on any atom is -0.338 e. The molecule has 0 amide bonds. The second kappa shape index (κ2) is 5.07. The molecule has 2 aromatic carbocycles. The molecule has 0 radical (unpaired) electrons. The summed E-state index contributed by atoms with van der Waals surface area (Å²) in [5, 5.41) is 0. The van der Waals surface area contributed by atoms with Crippen molar-refractivity contribution in [1.29, 1.82) is 0 Å². The summed E-state index contributed by atoms with van der Waals surface area (Å²) in [4.78, 5) is 2.29. The van der Waals surface area contributed by atoms with Crippen LogP contribution in [0, 0.1) is 0 Å². The molecule has 21 heavy (non-hydrogen) atoms. The molecule has 1 unspecified atom stereocenters. The molecule has 4 nitrogen and oxygen atoms in total. The second-order valence-corrected chi connectivity index (χ2v) is 7.22. The van der Waals surface area contributed by atoms with E-state index in [1.54, 1.807) is 12.1 Å². The molecule has 1 heterocycles. The van der Waals surface area contributed by atoms with Crippen LogP contribution < -0.4 is 9.62 Å². The Morgan fingerprint density at radius 1 is 1.10 bits per heavy atom. The first-order chi connectivity index (χ1) is 9.94. The quantitative estimate of drug-likeness (QED) is 0.947. The highest BCUT2D eigenvalue weighted by atomic mass is 32.2. The van der Waals surface area contributed by atoms with Gasteiger partial charge in [0, 0.05) is 23.1 Å². The van der Waals surface area contributed by atoms with Gasteiger partial charge in [-0.25, -0.2) is 8.42 Å². The molecule has 1 aliphatic heterocycles. The molecule has 0 saturated carbocycles. The van der Waals surface area contributed by atoms with E-state index in [0.29, 0.717) is 11.7 Å². The van der Waals surface area contributed by atoms with Crippen LogP contribution in [0.15, 0.2) is 48.5 Å². The first-order valence-electron chi connectivity index (χ1n) is 6.89. The van der Waals surface area contributed by atoms with Crippen LogP contribution in [0.2, 0.25) is 0 Å². The van der Waals surface area contributed by atoms with E-state index in [-0.39, 0.29) is 0 Å². The number of benzene rings is 2. The van der Waals surface area contributed by atoms with Crippen LogP contribution in [0.3, 0.4) is 0 Å². The zero-order chi connectivity index (χ0) is 15.0. The van der Waals surface area contributed by atoms with E-state index in [9.17, 15) is 8.42 Å². The summed E-state index contributed by atoms with van der Waals surface area (Å²) in [7, 11) is -3.23. The molecule has 0 bridgehead atoms. The highest BCUT2D eigenvalue weighted by Crippen LogP contribution is 2.38. The zero-order valence-electron chi connectivity index (χ0n) is 12.1. The van der Waals surface area contributed by atoms with Crippen molar-refractivity contribution < 1.29 is 8.42 Å². The van der Waals surface area contributed by atoms with Crippen LogP contribution >= 0.6 is 0 Å². The van der Waals surface area contributed by atoms with Gasteiger partial charge in [-0.05, 0) is 49.2 Å². The van der Waals surface area contributed by atoms with E-state index in [4.69, 9.17) is 0 Å². The fraction of sp³-hybridized carbons (Fsp3) is 0.250. The van der Waals surface area contributed by atoms with Crippen molar-refractivity contribution in [2.75, 3.05) is 15.9 Å². The van der Waals surface area contributed by atoms with Gasteiger partial charge in [0.05, 0.1) is 6.26 Å². The Bertz CT molecular complexity index is 754. The third kappa shape index (κ3) is 2.88. The largest absolute Gasteiger partial charge is 0.338 e. The van der Waals surface area contributed by atoms with E-state index in [0.717, 1.165) is 18.4 Å². The lowest BCUT2D eigenvalue weighted by atomic mass is 10.1.